The standard InChI is InChI=1S/C19H29N3O6/c1-12-7-6-8-21(11-12)13(2)10-20-19(23)14-9-15(26-3)17(27-4)18(28-5)16(14)22(24)25/h9,12-13H,6-8,10-11H2,1-5H3,(H,20,23)/t12-,13+/m1/s1. The molecule has 1 saturated heterocycles. The highest BCUT2D eigenvalue weighted by Gasteiger charge is 2.32. The van der Waals surface area contributed by atoms with E-state index in [0.29, 0.717) is 12.5 Å². The van der Waals surface area contributed by atoms with Crippen LogP contribution in [0.25, 0.3) is 0 Å². The number of nitro groups is 1. The Labute approximate surface area is 165 Å². The third kappa shape index (κ3) is 4.64. The van der Waals surface area contributed by atoms with Gasteiger partial charge in [0.15, 0.2) is 5.75 Å². The van der Waals surface area contributed by atoms with Gasteiger partial charge in [-0.15, -0.1) is 0 Å². The molecule has 1 heterocycles. The molecule has 0 aliphatic carbocycles. The summed E-state index contributed by atoms with van der Waals surface area (Å²) in [5.74, 6) is 0.192. The molecule has 1 aromatic rings. The van der Waals surface area contributed by atoms with E-state index in [1.807, 2.05) is 6.92 Å². The number of carbonyl (C=O) groups is 1. The zero-order valence-corrected chi connectivity index (χ0v) is 17.1. The van der Waals surface area contributed by atoms with Crippen molar-refractivity contribution in [2.75, 3.05) is 41.0 Å². The smallest absolute Gasteiger partial charge is 0.327 e. The molecule has 2 rings (SSSR count). The lowest BCUT2D eigenvalue weighted by Gasteiger charge is -2.35. The molecule has 0 aromatic heterocycles. The average molecular weight is 395 g/mol. The monoisotopic (exact) mass is 395 g/mol. The van der Waals surface area contributed by atoms with E-state index in [4.69, 9.17) is 14.2 Å². The van der Waals surface area contributed by atoms with E-state index in [1.165, 1.54) is 33.8 Å². The van der Waals surface area contributed by atoms with Gasteiger partial charge in [0, 0.05) is 25.2 Å². The molecule has 0 bridgehead atoms. The molecule has 0 spiro atoms. The van der Waals surface area contributed by atoms with Crippen molar-refractivity contribution in [3.05, 3.63) is 21.7 Å². The first-order valence-corrected chi connectivity index (χ1v) is 9.33. The van der Waals surface area contributed by atoms with E-state index in [0.717, 1.165) is 19.5 Å². The number of amides is 1. The van der Waals surface area contributed by atoms with Crippen molar-refractivity contribution >= 4 is 11.6 Å². The number of methoxy groups -OCH3 is 3. The molecule has 1 aromatic carbocycles. The van der Waals surface area contributed by atoms with Gasteiger partial charge in [-0.2, -0.15) is 0 Å². The molecule has 1 aliphatic rings. The predicted molar refractivity (Wildman–Crippen MR) is 105 cm³/mol. The van der Waals surface area contributed by atoms with Gasteiger partial charge in [-0.1, -0.05) is 6.92 Å². The van der Waals surface area contributed by atoms with Crippen LogP contribution < -0.4 is 19.5 Å². The zero-order chi connectivity index (χ0) is 20.8. The molecule has 28 heavy (non-hydrogen) atoms. The van der Waals surface area contributed by atoms with Gasteiger partial charge in [-0.25, -0.2) is 0 Å². The Morgan fingerprint density at radius 3 is 2.54 bits per heavy atom. The minimum absolute atomic E-state index is 0.0731. The first-order valence-electron chi connectivity index (χ1n) is 9.33. The first kappa shape index (κ1) is 21.7. The van der Waals surface area contributed by atoms with E-state index in [1.54, 1.807) is 0 Å². The van der Waals surface area contributed by atoms with Crippen molar-refractivity contribution in [2.24, 2.45) is 5.92 Å². The Morgan fingerprint density at radius 2 is 2.00 bits per heavy atom. The van der Waals surface area contributed by atoms with Crippen molar-refractivity contribution in [3.63, 3.8) is 0 Å². The largest absolute Gasteiger partial charge is 0.493 e. The summed E-state index contributed by atoms with van der Waals surface area (Å²) in [7, 11) is 4.03. The minimum atomic E-state index is -0.647. The van der Waals surface area contributed by atoms with Crippen LogP contribution in [0.15, 0.2) is 6.07 Å². The lowest BCUT2D eigenvalue weighted by atomic mass is 9.99. The molecule has 1 aliphatic heterocycles. The van der Waals surface area contributed by atoms with Crippen molar-refractivity contribution in [1.82, 2.24) is 10.2 Å². The Hall–Kier alpha value is -2.55. The summed E-state index contributed by atoms with van der Waals surface area (Å²) in [5, 5.41) is 14.4. The first-order chi connectivity index (χ1) is 13.3. The van der Waals surface area contributed by atoms with Crippen molar-refractivity contribution in [2.45, 2.75) is 32.7 Å². The van der Waals surface area contributed by atoms with E-state index in [2.05, 4.69) is 17.1 Å². The fourth-order valence-corrected chi connectivity index (χ4v) is 3.59. The summed E-state index contributed by atoms with van der Waals surface area (Å²) in [6.07, 6.45) is 2.35. The molecule has 0 radical (unpaired) electrons. The maximum atomic E-state index is 12.8. The van der Waals surface area contributed by atoms with E-state index < -0.39 is 16.5 Å². The number of likely N-dealkylation sites (tertiary alicyclic amines) is 1. The number of carbonyl (C=O) groups excluding carboxylic acids is 1. The summed E-state index contributed by atoms with van der Waals surface area (Å²) < 4.78 is 15.6. The van der Waals surface area contributed by atoms with Gasteiger partial charge in [0.1, 0.15) is 5.56 Å². The number of hydrogen-bond donors (Lipinski definition) is 1. The summed E-state index contributed by atoms with van der Waals surface area (Å²) in [5.41, 5.74) is -0.574. The Kier molecular flexibility index (Phi) is 7.45. The average Bonchev–Trinajstić information content (AvgIpc) is 2.69. The van der Waals surface area contributed by atoms with Gasteiger partial charge in [0.05, 0.1) is 26.3 Å². The molecule has 9 heteroatoms. The second-order valence-electron chi connectivity index (χ2n) is 7.10. The number of nitrogens with zero attached hydrogens (tertiary/aromatic N) is 2. The molecular formula is C19H29N3O6. The number of nitrogens with one attached hydrogen (secondary N) is 1. The van der Waals surface area contributed by atoms with Crippen LogP contribution in [0.5, 0.6) is 17.2 Å². The molecule has 1 N–H and O–H groups in total. The van der Waals surface area contributed by atoms with Crippen LogP contribution in [0.3, 0.4) is 0 Å². The van der Waals surface area contributed by atoms with E-state index in [9.17, 15) is 14.9 Å². The number of benzene rings is 1. The highest BCUT2D eigenvalue weighted by atomic mass is 16.6. The van der Waals surface area contributed by atoms with Crippen molar-refractivity contribution in [3.8, 4) is 17.2 Å². The fraction of sp³-hybridized carbons (Fsp3) is 0.632. The fourth-order valence-electron chi connectivity index (χ4n) is 3.59. The van der Waals surface area contributed by atoms with Crippen LogP contribution in [0.2, 0.25) is 0 Å². The van der Waals surface area contributed by atoms with Crippen LogP contribution in [0, 0.1) is 16.0 Å². The SMILES string of the molecule is COc1cc(C(=O)NC[C@H](C)N2CCC[C@@H](C)C2)c([N+](=O)[O-])c(OC)c1OC. The minimum Gasteiger partial charge on any atom is -0.493 e. The molecule has 0 unspecified atom stereocenters. The molecule has 156 valence electrons. The van der Waals surface area contributed by atoms with Crippen LogP contribution >= 0.6 is 0 Å². The Bertz CT molecular complexity index is 724. The van der Waals surface area contributed by atoms with Crippen LogP contribution in [0.4, 0.5) is 5.69 Å². The molecular weight excluding hydrogens is 366 g/mol. The zero-order valence-electron chi connectivity index (χ0n) is 17.1. The molecule has 2 atom stereocenters. The predicted octanol–water partition coefficient (Wildman–Crippen LogP) is 2.47. The van der Waals surface area contributed by atoms with Gasteiger partial charge in [-0.05, 0) is 32.2 Å². The van der Waals surface area contributed by atoms with E-state index in [-0.39, 0.29) is 28.9 Å². The molecule has 0 saturated carbocycles. The highest BCUT2D eigenvalue weighted by molar-refractivity contribution is 6.00. The van der Waals surface area contributed by atoms with Gasteiger partial charge >= 0.3 is 5.69 Å². The van der Waals surface area contributed by atoms with Gasteiger partial charge in [0.25, 0.3) is 5.91 Å². The highest BCUT2D eigenvalue weighted by Crippen LogP contribution is 2.46. The maximum Gasteiger partial charge on any atom is 0.327 e. The third-order valence-electron chi connectivity index (χ3n) is 5.10. The molecule has 1 fully saturated rings. The van der Waals surface area contributed by atoms with Gasteiger partial charge in [-0.3, -0.25) is 19.8 Å². The number of nitro benzene ring substituents is 1. The van der Waals surface area contributed by atoms with Crippen molar-refractivity contribution < 1.29 is 23.9 Å². The summed E-state index contributed by atoms with van der Waals surface area (Å²) >= 11 is 0. The Balaban J connectivity index is 2.25. The summed E-state index contributed by atoms with van der Waals surface area (Å²) in [6.45, 7) is 6.63. The molecule has 9 nitrogen and oxygen atoms in total. The number of ether oxygens (including phenoxy) is 3. The number of piperidine rings is 1. The summed E-state index contributed by atoms with van der Waals surface area (Å²) in [4.78, 5) is 26.1. The third-order valence-corrected chi connectivity index (χ3v) is 5.10. The van der Waals surface area contributed by atoms with Crippen LogP contribution in [-0.2, 0) is 0 Å². The number of rotatable bonds is 8. The van der Waals surface area contributed by atoms with Gasteiger partial charge < -0.3 is 19.5 Å². The Morgan fingerprint density at radius 1 is 1.32 bits per heavy atom. The lowest BCUT2D eigenvalue weighted by Crippen LogP contribution is -2.46. The topological polar surface area (TPSA) is 103 Å². The van der Waals surface area contributed by atoms with Crippen LogP contribution in [0.1, 0.15) is 37.0 Å². The second-order valence-corrected chi connectivity index (χ2v) is 7.10. The normalized spacial score (nSPS) is 18.2. The quantitative estimate of drug-likeness (QED) is 0.533. The van der Waals surface area contributed by atoms with Crippen LogP contribution in [-0.4, -0.2) is 62.7 Å². The van der Waals surface area contributed by atoms with E-state index >= 15 is 0 Å². The van der Waals surface area contributed by atoms with Crippen molar-refractivity contribution in [1.29, 1.82) is 0 Å². The molecule has 1 amide bonds. The number of hydrogen-bond acceptors (Lipinski definition) is 7. The maximum absolute atomic E-state index is 12.8. The lowest BCUT2D eigenvalue weighted by molar-refractivity contribution is -0.386. The van der Waals surface area contributed by atoms with Gasteiger partial charge in [0.2, 0.25) is 11.5 Å². The second kappa shape index (κ2) is 9.59. The summed E-state index contributed by atoms with van der Waals surface area (Å²) in [6, 6.07) is 1.44.